The maximum Gasteiger partial charge on any atom is 0.344 e. The summed E-state index contributed by atoms with van der Waals surface area (Å²) in [5.41, 5.74) is -0.238. The third-order valence-corrected chi connectivity index (χ3v) is 5.14. The van der Waals surface area contributed by atoms with Crippen LogP contribution in [0.4, 0.5) is 0 Å². The molecule has 112 valence electrons. The third-order valence-electron chi connectivity index (χ3n) is 3.82. The van der Waals surface area contributed by atoms with E-state index in [0.717, 1.165) is 12.8 Å². The molecule has 0 saturated heterocycles. The molecule has 1 fully saturated rings. The zero-order valence-electron chi connectivity index (χ0n) is 12.0. The van der Waals surface area contributed by atoms with Gasteiger partial charge in [-0.05, 0) is 39.0 Å². The normalized spacial score (nSPS) is 26.9. The smallest absolute Gasteiger partial charge is 0.344 e. The van der Waals surface area contributed by atoms with Crippen molar-refractivity contribution in [1.29, 1.82) is 0 Å². The minimum Gasteiger partial charge on any atom is -0.481 e. The lowest BCUT2D eigenvalue weighted by Gasteiger charge is -2.31. The van der Waals surface area contributed by atoms with Gasteiger partial charge in [-0.25, -0.2) is 9.89 Å². The number of carboxylic acids is 1. The lowest BCUT2D eigenvalue weighted by molar-refractivity contribution is -0.142. The summed E-state index contributed by atoms with van der Waals surface area (Å²) >= 11 is 1.42. The molecule has 0 radical (unpaired) electrons. The van der Waals surface area contributed by atoms with E-state index in [1.807, 2.05) is 13.8 Å². The Hall–Kier alpha value is -1.24. The van der Waals surface area contributed by atoms with E-state index in [1.165, 1.54) is 11.8 Å². The van der Waals surface area contributed by atoms with Crippen molar-refractivity contribution >= 4 is 17.7 Å². The summed E-state index contributed by atoms with van der Waals surface area (Å²) in [6, 6.07) is 0.00745. The monoisotopic (exact) mass is 299 g/mol. The number of carbonyl (C=O) groups is 1. The van der Waals surface area contributed by atoms with E-state index >= 15 is 0 Å². The molecule has 1 aliphatic rings. The van der Waals surface area contributed by atoms with E-state index in [-0.39, 0.29) is 22.9 Å². The highest BCUT2D eigenvalue weighted by atomic mass is 32.2. The van der Waals surface area contributed by atoms with Gasteiger partial charge in [-0.2, -0.15) is 0 Å². The average Bonchev–Trinajstić information content (AvgIpc) is 2.70. The van der Waals surface area contributed by atoms with Crippen LogP contribution in [0.1, 0.15) is 46.1 Å². The minimum atomic E-state index is -0.747. The van der Waals surface area contributed by atoms with Gasteiger partial charge in [-0.1, -0.05) is 18.7 Å². The van der Waals surface area contributed by atoms with Crippen LogP contribution in [0, 0.1) is 11.8 Å². The van der Waals surface area contributed by atoms with Crippen molar-refractivity contribution in [2.75, 3.05) is 0 Å². The van der Waals surface area contributed by atoms with Crippen molar-refractivity contribution in [3.63, 3.8) is 0 Å². The predicted molar refractivity (Wildman–Crippen MR) is 77.0 cm³/mol. The summed E-state index contributed by atoms with van der Waals surface area (Å²) in [5.74, 6) is -0.590. The van der Waals surface area contributed by atoms with Crippen LogP contribution in [0.15, 0.2) is 9.95 Å². The molecule has 2 rings (SSSR count). The van der Waals surface area contributed by atoms with Gasteiger partial charge in [0.2, 0.25) is 0 Å². The number of nitrogens with zero attached hydrogens (tertiary/aromatic N) is 2. The second-order valence-corrected chi connectivity index (χ2v) is 7.00. The van der Waals surface area contributed by atoms with Crippen LogP contribution in [-0.4, -0.2) is 31.1 Å². The quantitative estimate of drug-likeness (QED) is 0.889. The van der Waals surface area contributed by atoms with Crippen molar-refractivity contribution in [2.45, 2.75) is 56.5 Å². The first-order valence-corrected chi connectivity index (χ1v) is 7.84. The first-order chi connectivity index (χ1) is 9.40. The number of hydrogen-bond donors (Lipinski definition) is 2. The van der Waals surface area contributed by atoms with Crippen molar-refractivity contribution in [1.82, 2.24) is 14.8 Å². The van der Waals surface area contributed by atoms with Gasteiger partial charge in [0.15, 0.2) is 5.16 Å². The Morgan fingerprint density at radius 3 is 2.80 bits per heavy atom. The molecule has 1 aliphatic carbocycles. The molecule has 20 heavy (non-hydrogen) atoms. The number of nitrogens with one attached hydrogen (secondary N) is 1. The summed E-state index contributed by atoms with van der Waals surface area (Å²) in [4.78, 5) is 23.1. The van der Waals surface area contributed by atoms with E-state index in [0.29, 0.717) is 17.5 Å². The second kappa shape index (κ2) is 6.03. The van der Waals surface area contributed by atoms with Gasteiger partial charge in [0.1, 0.15) is 0 Å². The fourth-order valence-electron chi connectivity index (χ4n) is 2.71. The molecule has 0 aliphatic heterocycles. The summed E-state index contributed by atoms with van der Waals surface area (Å²) < 4.78 is 1.59. The molecule has 0 aromatic carbocycles. The van der Waals surface area contributed by atoms with Crippen LogP contribution in [0.2, 0.25) is 0 Å². The summed E-state index contributed by atoms with van der Waals surface area (Å²) in [5, 5.41) is 16.4. The number of hydrogen-bond acceptors (Lipinski definition) is 4. The summed E-state index contributed by atoms with van der Waals surface area (Å²) in [6.07, 6.45) is 2.50. The van der Waals surface area contributed by atoms with E-state index < -0.39 is 5.97 Å². The van der Waals surface area contributed by atoms with Crippen molar-refractivity contribution in [3.05, 3.63) is 10.5 Å². The molecule has 1 aromatic rings. The third kappa shape index (κ3) is 3.08. The lowest BCUT2D eigenvalue weighted by Crippen LogP contribution is -2.32. The maximum absolute atomic E-state index is 11.7. The number of aromatic nitrogens is 3. The Bertz CT molecular complexity index is 537. The largest absolute Gasteiger partial charge is 0.481 e. The Morgan fingerprint density at radius 1 is 1.50 bits per heavy atom. The van der Waals surface area contributed by atoms with E-state index in [1.54, 1.807) is 4.57 Å². The lowest BCUT2D eigenvalue weighted by atomic mass is 9.82. The van der Waals surface area contributed by atoms with Crippen molar-refractivity contribution in [3.8, 4) is 0 Å². The first-order valence-electron chi connectivity index (χ1n) is 6.96. The van der Waals surface area contributed by atoms with Gasteiger partial charge in [0, 0.05) is 11.3 Å². The van der Waals surface area contributed by atoms with Crippen LogP contribution < -0.4 is 5.69 Å². The Labute approximate surface area is 122 Å². The van der Waals surface area contributed by atoms with Gasteiger partial charge in [0.05, 0.1) is 5.92 Å². The van der Waals surface area contributed by atoms with Crippen LogP contribution in [0.3, 0.4) is 0 Å². The fourth-order valence-corrected chi connectivity index (χ4v) is 4.32. The van der Waals surface area contributed by atoms with Crippen LogP contribution in [0.5, 0.6) is 0 Å². The number of carboxylic acid groups (broad SMARTS) is 1. The first kappa shape index (κ1) is 15.2. The van der Waals surface area contributed by atoms with Crippen molar-refractivity contribution < 1.29 is 9.90 Å². The van der Waals surface area contributed by atoms with Gasteiger partial charge in [0.25, 0.3) is 0 Å². The van der Waals surface area contributed by atoms with Crippen LogP contribution in [0.25, 0.3) is 0 Å². The molecule has 0 spiro atoms. The highest BCUT2D eigenvalue weighted by molar-refractivity contribution is 7.99. The molecule has 6 nitrogen and oxygen atoms in total. The van der Waals surface area contributed by atoms with Gasteiger partial charge >= 0.3 is 11.7 Å². The second-order valence-electron chi connectivity index (χ2n) is 5.79. The molecule has 2 N–H and O–H groups in total. The molecular formula is C13H21N3O3S. The number of aliphatic carboxylic acids is 1. The predicted octanol–water partition coefficient (Wildman–Crippen LogP) is 2.13. The highest BCUT2D eigenvalue weighted by Gasteiger charge is 2.35. The molecule has 3 atom stereocenters. The molecule has 7 heteroatoms. The molecular weight excluding hydrogens is 278 g/mol. The Morgan fingerprint density at radius 2 is 2.20 bits per heavy atom. The van der Waals surface area contributed by atoms with Gasteiger partial charge < -0.3 is 5.11 Å². The Kier molecular flexibility index (Phi) is 4.57. The number of rotatable bonds is 4. The van der Waals surface area contributed by atoms with Gasteiger partial charge in [-0.3, -0.25) is 9.36 Å². The van der Waals surface area contributed by atoms with Crippen molar-refractivity contribution in [2.24, 2.45) is 11.8 Å². The maximum atomic E-state index is 11.7. The number of thioether (sulfide) groups is 1. The SMILES string of the molecule is CC1CCC(C(=O)O)C(Sc2n[nH]c(=O)n2C(C)C)C1. The van der Waals surface area contributed by atoms with E-state index in [4.69, 9.17) is 0 Å². The summed E-state index contributed by atoms with van der Waals surface area (Å²) in [6.45, 7) is 5.98. The average molecular weight is 299 g/mol. The Balaban J connectivity index is 2.22. The zero-order valence-corrected chi connectivity index (χ0v) is 12.8. The topological polar surface area (TPSA) is 88.0 Å². The van der Waals surface area contributed by atoms with Gasteiger partial charge in [-0.15, -0.1) is 5.10 Å². The molecule has 1 aromatic heterocycles. The molecule has 1 saturated carbocycles. The highest BCUT2D eigenvalue weighted by Crippen LogP contribution is 2.39. The molecule has 3 unspecified atom stereocenters. The van der Waals surface area contributed by atoms with Crippen LogP contribution >= 0.6 is 11.8 Å². The summed E-state index contributed by atoms with van der Waals surface area (Å²) in [7, 11) is 0. The number of H-pyrrole nitrogens is 1. The standard InChI is InChI=1S/C13H21N3O3S/c1-7(2)16-12(19)14-15-13(16)20-10-6-8(3)4-5-9(10)11(17)18/h7-10H,4-6H2,1-3H3,(H,14,19)(H,17,18). The fraction of sp³-hybridized carbons (Fsp3) is 0.769. The molecule has 1 heterocycles. The molecule has 0 bridgehead atoms. The van der Waals surface area contributed by atoms with E-state index in [9.17, 15) is 14.7 Å². The molecule has 0 amide bonds. The zero-order chi connectivity index (χ0) is 14.9. The minimum absolute atomic E-state index is 0.00745. The van der Waals surface area contributed by atoms with E-state index in [2.05, 4.69) is 17.1 Å². The number of aromatic amines is 1. The van der Waals surface area contributed by atoms with Crippen LogP contribution in [-0.2, 0) is 4.79 Å².